The van der Waals surface area contributed by atoms with Crippen LogP contribution in [0.1, 0.15) is 24.2 Å². The number of anilines is 2. The van der Waals surface area contributed by atoms with E-state index < -0.39 is 9.84 Å². The fourth-order valence-corrected chi connectivity index (χ4v) is 3.53. The van der Waals surface area contributed by atoms with E-state index in [2.05, 4.69) is 10.3 Å². The molecule has 0 aliphatic heterocycles. The second-order valence-corrected chi connectivity index (χ2v) is 8.34. The van der Waals surface area contributed by atoms with Crippen LogP contribution in [0.5, 0.6) is 5.75 Å². The molecule has 7 nitrogen and oxygen atoms in total. The summed E-state index contributed by atoms with van der Waals surface area (Å²) in [6.07, 6.45) is 1.46. The molecule has 3 aromatic rings. The van der Waals surface area contributed by atoms with Crippen molar-refractivity contribution in [2.24, 2.45) is 0 Å². The predicted octanol–water partition coefficient (Wildman–Crippen LogP) is 4.09. The Labute approximate surface area is 163 Å². The molecule has 0 radical (unpaired) electrons. The first-order valence-corrected chi connectivity index (χ1v) is 10.2. The maximum atomic E-state index is 12.1. The summed E-state index contributed by atoms with van der Waals surface area (Å²) in [5.74, 6) is 0.407. The number of ketones is 1. The Morgan fingerprint density at radius 3 is 2.68 bits per heavy atom. The molecule has 1 N–H and O–H groups in total. The third-order valence-electron chi connectivity index (χ3n) is 4.22. The van der Waals surface area contributed by atoms with Gasteiger partial charge in [-0.15, -0.1) is 0 Å². The quantitative estimate of drug-likeness (QED) is 0.596. The van der Waals surface area contributed by atoms with E-state index in [9.17, 15) is 13.2 Å². The molecule has 0 amide bonds. The summed E-state index contributed by atoms with van der Waals surface area (Å²) in [7, 11) is -1.88. The zero-order chi connectivity index (χ0) is 20.3. The van der Waals surface area contributed by atoms with Gasteiger partial charge in [0.25, 0.3) is 6.01 Å². The van der Waals surface area contributed by atoms with Crippen LogP contribution < -0.4 is 10.1 Å². The number of hydrogen-bond donors (Lipinski definition) is 1. The summed E-state index contributed by atoms with van der Waals surface area (Å²) in [4.78, 5) is 16.1. The van der Waals surface area contributed by atoms with E-state index in [4.69, 9.17) is 9.15 Å². The lowest BCUT2D eigenvalue weighted by Crippen LogP contribution is -2.05. The van der Waals surface area contributed by atoms with E-state index >= 15 is 0 Å². The van der Waals surface area contributed by atoms with Crippen molar-refractivity contribution in [1.82, 2.24) is 4.98 Å². The maximum absolute atomic E-state index is 12.1. The van der Waals surface area contributed by atoms with Crippen molar-refractivity contribution in [3.8, 4) is 17.0 Å². The number of methoxy groups -OCH3 is 1. The summed E-state index contributed by atoms with van der Waals surface area (Å²) in [6, 6.07) is 11.8. The molecular formula is C20H20N2O5S. The third kappa shape index (κ3) is 4.07. The minimum Gasteiger partial charge on any atom is -0.495 e. The van der Waals surface area contributed by atoms with Crippen molar-refractivity contribution in [2.75, 3.05) is 18.2 Å². The first-order chi connectivity index (χ1) is 13.3. The Balaban J connectivity index is 1.92. The highest BCUT2D eigenvalue weighted by atomic mass is 32.2. The molecule has 0 saturated carbocycles. The fourth-order valence-electron chi connectivity index (χ4n) is 2.62. The van der Waals surface area contributed by atoms with Crippen molar-refractivity contribution in [3.05, 3.63) is 54.3 Å². The number of nitrogens with one attached hydrogen (secondary N) is 1. The smallest absolute Gasteiger partial charge is 0.299 e. The van der Waals surface area contributed by atoms with Crippen molar-refractivity contribution in [1.29, 1.82) is 0 Å². The zero-order valence-corrected chi connectivity index (χ0v) is 16.5. The summed E-state index contributed by atoms with van der Waals surface area (Å²) in [5, 5.41) is 2.95. The van der Waals surface area contributed by atoms with Gasteiger partial charge in [0.2, 0.25) is 0 Å². The third-order valence-corrected chi connectivity index (χ3v) is 5.95. The molecule has 0 bridgehead atoms. The largest absolute Gasteiger partial charge is 0.495 e. The van der Waals surface area contributed by atoms with E-state index in [1.165, 1.54) is 32.4 Å². The topological polar surface area (TPSA) is 98.5 Å². The van der Waals surface area contributed by atoms with Crippen molar-refractivity contribution < 1.29 is 22.4 Å². The van der Waals surface area contributed by atoms with E-state index in [-0.39, 0.29) is 22.4 Å². The Hall–Kier alpha value is -3.13. The zero-order valence-electron chi connectivity index (χ0n) is 15.7. The molecule has 0 aliphatic carbocycles. The molecule has 0 unspecified atom stereocenters. The standard InChI is InChI=1S/C20H20N2O5S/c1-4-28(24,25)16-8-9-19(26-3)17(11-16)21-20-22-18(12-27-20)15-7-5-6-14(10-15)13(2)23/h5-12H,4H2,1-3H3,(H,21,22). The lowest BCUT2D eigenvalue weighted by molar-refractivity contribution is 0.101. The number of aromatic nitrogens is 1. The van der Waals surface area contributed by atoms with Crippen molar-refractivity contribution in [2.45, 2.75) is 18.7 Å². The Kier molecular flexibility index (Phi) is 5.51. The van der Waals surface area contributed by atoms with Crippen LogP contribution in [0.25, 0.3) is 11.3 Å². The molecule has 1 aromatic heterocycles. The lowest BCUT2D eigenvalue weighted by atomic mass is 10.1. The number of carbonyl (C=O) groups excluding carboxylic acids is 1. The van der Waals surface area contributed by atoms with Crippen LogP contribution >= 0.6 is 0 Å². The van der Waals surface area contributed by atoms with Crippen LogP contribution in [0.4, 0.5) is 11.7 Å². The first-order valence-electron chi connectivity index (χ1n) is 8.58. The van der Waals surface area contributed by atoms with Crippen LogP contribution in [0.15, 0.2) is 58.0 Å². The van der Waals surface area contributed by atoms with Gasteiger partial charge in [0, 0.05) is 11.1 Å². The van der Waals surface area contributed by atoms with Gasteiger partial charge in [0.1, 0.15) is 17.7 Å². The van der Waals surface area contributed by atoms with E-state index in [1.54, 1.807) is 31.2 Å². The van der Waals surface area contributed by atoms with Crippen LogP contribution in [-0.4, -0.2) is 32.0 Å². The highest BCUT2D eigenvalue weighted by molar-refractivity contribution is 7.91. The Morgan fingerprint density at radius 1 is 1.21 bits per heavy atom. The number of sulfone groups is 1. The average molecular weight is 400 g/mol. The minimum atomic E-state index is -3.37. The molecule has 0 aliphatic rings. The number of nitrogens with zero attached hydrogens (tertiary/aromatic N) is 1. The summed E-state index contributed by atoms with van der Waals surface area (Å²) in [6.45, 7) is 3.08. The minimum absolute atomic E-state index is 0.00555. The molecule has 0 atom stereocenters. The number of oxazole rings is 1. The van der Waals surface area contributed by atoms with Crippen LogP contribution in [0.3, 0.4) is 0 Å². The highest BCUT2D eigenvalue weighted by Crippen LogP contribution is 2.31. The maximum Gasteiger partial charge on any atom is 0.299 e. The van der Waals surface area contributed by atoms with Crippen LogP contribution in [-0.2, 0) is 9.84 Å². The summed E-state index contributed by atoms with van der Waals surface area (Å²) < 4.78 is 35.0. The number of rotatable bonds is 7. The van der Waals surface area contributed by atoms with Gasteiger partial charge in [-0.2, -0.15) is 4.98 Å². The molecule has 8 heteroatoms. The molecular weight excluding hydrogens is 380 g/mol. The SMILES string of the molecule is CCS(=O)(=O)c1ccc(OC)c(Nc2nc(-c3cccc(C(C)=O)c3)co2)c1. The van der Waals surface area contributed by atoms with Gasteiger partial charge < -0.3 is 14.5 Å². The van der Waals surface area contributed by atoms with E-state index in [1.807, 2.05) is 6.07 Å². The van der Waals surface area contributed by atoms with Gasteiger partial charge in [-0.05, 0) is 31.2 Å². The Morgan fingerprint density at radius 2 is 2.00 bits per heavy atom. The van der Waals surface area contributed by atoms with Crippen LogP contribution in [0, 0.1) is 0 Å². The van der Waals surface area contributed by atoms with Crippen molar-refractivity contribution >= 4 is 27.3 Å². The molecule has 28 heavy (non-hydrogen) atoms. The van der Waals surface area contributed by atoms with Crippen molar-refractivity contribution in [3.63, 3.8) is 0 Å². The van der Waals surface area contributed by atoms with Gasteiger partial charge in [-0.1, -0.05) is 25.1 Å². The van der Waals surface area contributed by atoms with Gasteiger partial charge in [-0.25, -0.2) is 8.42 Å². The Bertz CT molecular complexity index is 1120. The molecule has 0 fully saturated rings. The number of carbonyl (C=O) groups is 1. The number of ether oxygens (including phenoxy) is 1. The monoisotopic (exact) mass is 400 g/mol. The van der Waals surface area contributed by atoms with Gasteiger partial charge in [0.05, 0.1) is 23.4 Å². The predicted molar refractivity (Wildman–Crippen MR) is 106 cm³/mol. The average Bonchev–Trinajstić information content (AvgIpc) is 3.16. The number of hydrogen-bond acceptors (Lipinski definition) is 7. The lowest BCUT2D eigenvalue weighted by Gasteiger charge is -2.10. The molecule has 146 valence electrons. The second-order valence-electron chi connectivity index (χ2n) is 6.07. The summed E-state index contributed by atoms with van der Waals surface area (Å²) in [5.41, 5.74) is 2.28. The molecule has 0 saturated heterocycles. The van der Waals surface area contributed by atoms with Gasteiger partial charge in [-0.3, -0.25) is 4.79 Å². The van der Waals surface area contributed by atoms with Gasteiger partial charge in [0.15, 0.2) is 15.6 Å². The molecule has 2 aromatic carbocycles. The van der Waals surface area contributed by atoms with Gasteiger partial charge >= 0.3 is 0 Å². The number of benzene rings is 2. The van der Waals surface area contributed by atoms with Crippen LogP contribution in [0.2, 0.25) is 0 Å². The number of Topliss-reactive ketones (excluding diaryl/α,β-unsaturated/α-hetero) is 1. The van der Waals surface area contributed by atoms with E-state index in [0.717, 1.165) is 5.56 Å². The fraction of sp³-hybridized carbons (Fsp3) is 0.200. The molecule has 1 heterocycles. The van der Waals surface area contributed by atoms with E-state index in [0.29, 0.717) is 22.7 Å². The first kappa shape index (κ1) is 19.6. The molecule has 3 rings (SSSR count). The molecule has 0 spiro atoms. The summed E-state index contributed by atoms with van der Waals surface area (Å²) >= 11 is 0. The highest BCUT2D eigenvalue weighted by Gasteiger charge is 2.16. The second kappa shape index (κ2) is 7.85. The normalized spacial score (nSPS) is 11.2.